The number of aromatic amines is 1. The van der Waals surface area contributed by atoms with Crippen LogP contribution in [0, 0.1) is 0 Å². The zero-order valence-corrected chi connectivity index (χ0v) is 13.6. The number of nitrogens with one attached hydrogen (secondary N) is 2. The maximum absolute atomic E-state index is 12.4. The minimum absolute atomic E-state index is 0.163. The quantitative estimate of drug-likeness (QED) is 0.730. The average molecular weight is 325 g/mol. The molecule has 6 heteroatoms. The van der Waals surface area contributed by atoms with Crippen molar-refractivity contribution in [2.45, 2.75) is 6.42 Å². The molecule has 6 nitrogen and oxygen atoms in total. The lowest BCUT2D eigenvalue weighted by Crippen LogP contribution is -2.25. The molecule has 24 heavy (non-hydrogen) atoms. The van der Waals surface area contributed by atoms with Gasteiger partial charge in [-0.05, 0) is 42.3 Å². The molecular formula is C18H19N3O3. The molecule has 0 saturated carbocycles. The van der Waals surface area contributed by atoms with Gasteiger partial charge in [-0.15, -0.1) is 0 Å². The van der Waals surface area contributed by atoms with E-state index in [2.05, 4.69) is 15.3 Å². The number of ether oxygens (including phenoxy) is 2. The van der Waals surface area contributed by atoms with Crippen LogP contribution in [0.3, 0.4) is 0 Å². The van der Waals surface area contributed by atoms with Crippen molar-refractivity contribution in [2.75, 3.05) is 20.8 Å². The van der Waals surface area contributed by atoms with E-state index in [0.29, 0.717) is 23.7 Å². The van der Waals surface area contributed by atoms with Crippen molar-refractivity contribution >= 4 is 16.8 Å². The van der Waals surface area contributed by atoms with E-state index in [9.17, 15) is 4.79 Å². The second kappa shape index (κ2) is 7.04. The first-order valence-electron chi connectivity index (χ1n) is 7.63. The van der Waals surface area contributed by atoms with E-state index in [0.717, 1.165) is 22.9 Å². The number of nitrogens with zero attached hydrogens (tertiary/aromatic N) is 1. The summed E-state index contributed by atoms with van der Waals surface area (Å²) >= 11 is 0. The molecule has 0 aliphatic heterocycles. The topological polar surface area (TPSA) is 76.2 Å². The summed E-state index contributed by atoms with van der Waals surface area (Å²) in [6.45, 7) is 0.548. The molecule has 0 unspecified atom stereocenters. The molecule has 0 atom stereocenters. The minimum atomic E-state index is -0.163. The second-order valence-electron chi connectivity index (χ2n) is 5.30. The minimum Gasteiger partial charge on any atom is -0.496 e. The molecule has 1 amide bonds. The van der Waals surface area contributed by atoms with Gasteiger partial charge in [-0.3, -0.25) is 9.78 Å². The number of fused-ring (bicyclic) bond motifs is 1. The van der Waals surface area contributed by atoms with Gasteiger partial charge in [-0.1, -0.05) is 0 Å². The fourth-order valence-corrected chi connectivity index (χ4v) is 2.60. The van der Waals surface area contributed by atoms with Crippen LogP contribution in [0.4, 0.5) is 0 Å². The summed E-state index contributed by atoms with van der Waals surface area (Å²) in [5.74, 6) is 1.20. The highest BCUT2D eigenvalue weighted by Crippen LogP contribution is 2.33. The molecule has 0 fully saturated rings. The summed E-state index contributed by atoms with van der Waals surface area (Å²) < 4.78 is 10.7. The van der Waals surface area contributed by atoms with Gasteiger partial charge >= 0.3 is 0 Å². The van der Waals surface area contributed by atoms with Gasteiger partial charge in [0.1, 0.15) is 17.2 Å². The van der Waals surface area contributed by atoms with Gasteiger partial charge in [0.15, 0.2) is 0 Å². The summed E-state index contributed by atoms with van der Waals surface area (Å²) in [7, 11) is 3.19. The predicted octanol–water partition coefficient (Wildman–Crippen LogP) is 2.55. The highest BCUT2D eigenvalue weighted by atomic mass is 16.5. The molecule has 0 aliphatic rings. The third-order valence-electron chi connectivity index (χ3n) is 3.85. The van der Waals surface area contributed by atoms with Gasteiger partial charge in [0.25, 0.3) is 5.91 Å². The lowest BCUT2D eigenvalue weighted by atomic mass is 10.2. The summed E-state index contributed by atoms with van der Waals surface area (Å²) in [6.07, 6.45) is 4.24. The Balaban J connectivity index is 1.75. The molecule has 3 rings (SSSR count). The zero-order valence-electron chi connectivity index (χ0n) is 13.6. The summed E-state index contributed by atoms with van der Waals surface area (Å²) in [6, 6.07) is 9.27. The van der Waals surface area contributed by atoms with E-state index in [4.69, 9.17) is 9.47 Å². The molecule has 0 saturated heterocycles. The average Bonchev–Trinajstić information content (AvgIpc) is 3.07. The van der Waals surface area contributed by atoms with Crippen molar-refractivity contribution < 1.29 is 14.3 Å². The van der Waals surface area contributed by atoms with Crippen molar-refractivity contribution in [1.82, 2.24) is 15.3 Å². The maximum atomic E-state index is 12.4. The predicted molar refractivity (Wildman–Crippen MR) is 91.7 cm³/mol. The van der Waals surface area contributed by atoms with Gasteiger partial charge in [-0.2, -0.15) is 0 Å². The molecule has 0 spiro atoms. The van der Waals surface area contributed by atoms with Gasteiger partial charge in [0, 0.05) is 24.3 Å². The van der Waals surface area contributed by atoms with Crippen LogP contribution in [0.25, 0.3) is 10.9 Å². The highest BCUT2D eigenvalue weighted by Gasteiger charge is 2.15. The number of rotatable bonds is 6. The molecule has 124 valence electrons. The van der Waals surface area contributed by atoms with E-state index in [1.807, 2.05) is 24.3 Å². The number of carbonyl (C=O) groups excluding carboxylic acids is 1. The van der Waals surface area contributed by atoms with Crippen LogP contribution in [0.1, 0.15) is 16.1 Å². The van der Waals surface area contributed by atoms with Gasteiger partial charge in [0.2, 0.25) is 0 Å². The number of amides is 1. The van der Waals surface area contributed by atoms with Gasteiger partial charge in [0.05, 0.1) is 19.7 Å². The Labute approximate surface area is 139 Å². The molecule has 2 N–H and O–H groups in total. The monoisotopic (exact) mass is 325 g/mol. The second-order valence-corrected chi connectivity index (χ2v) is 5.30. The lowest BCUT2D eigenvalue weighted by Gasteiger charge is -2.05. The number of benzene rings is 1. The third kappa shape index (κ3) is 3.17. The van der Waals surface area contributed by atoms with Crippen LogP contribution in [0.2, 0.25) is 0 Å². The molecular weight excluding hydrogens is 306 g/mol. The van der Waals surface area contributed by atoms with Crippen LogP contribution in [-0.2, 0) is 6.42 Å². The molecule has 2 heterocycles. The van der Waals surface area contributed by atoms with E-state index < -0.39 is 0 Å². The van der Waals surface area contributed by atoms with Crippen molar-refractivity contribution in [3.8, 4) is 11.5 Å². The van der Waals surface area contributed by atoms with Crippen molar-refractivity contribution in [1.29, 1.82) is 0 Å². The third-order valence-corrected chi connectivity index (χ3v) is 3.85. The Morgan fingerprint density at radius 2 is 1.83 bits per heavy atom. The Hall–Kier alpha value is -3.02. The normalized spacial score (nSPS) is 10.6. The number of hydrogen-bond acceptors (Lipinski definition) is 4. The largest absolute Gasteiger partial charge is 0.496 e. The first kappa shape index (κ1) is 15.9. The van der Waals surface area contributed by atoms with Crippen LogP contribution >= 0.6 is 0 Å². The van der Waals surface area contributed by atoms with E-state index in [1.54, 1.807) is 32.7 Å². The summed E-state index contributed by atoms with van der Waals surface area (Å²) in [4.78, 5) is 19.5. The van der Waals surface area contributed by atoms with Crippen LogP contribution in [-0.4, -0.2) is 36.6 Å². The highest BCUT2D eigenvalue weighted by molar-refractivity contribution is 6.01. The van der Waals surface area contributed by atoms with Crippen molar-refractivity contribution in [3.63, 3.8) is 0 Å². The Morgan fingerprint density at radius 3 is 2.54 bits per heavy atom. The molecule has 0 bridgehead atoms. The standard InChI is InChI=1S/C18H19N3O3/c1-23-15-3-4-16(24-2)17-13(15)11-14(21-17)18(22)20-10-7-12-5-8-19-9-6-12/h3-6,8-9,11,21H,7,10H2,1-2H3,(H,20,22). The van der Waals surface area contributed by atoms with Crippen molar-refractivity contribution in [3.05, 3.63) is 54.0 Å². The first-order valence-corrected chi connectivity index (χ1v) is 7.63. The number of carbonyl (C=O) groups is 1. The SMILES string of the molecule is COc1ccc(OC)c2[nH]c(C(=O)NCCc3ccncc3)cc12. The van der Waals surface area contributed by atoms with Gasteiger partial charge in [-0.25, -0.2) is 0 Å². The number of hydrogen-bond donors (Lipinski definition) is 2. The number of aromatic nitrogens is 2. The van der Waals surface area contributed by atoms with E-state index >= 15 is 0 Å². The number of H-pyrrole nitrogens is 1. The molecule has 0 radical (unpaired) electrons. The molecule has 2 aromatic heterocycles. The van der Waals surface area contributed by atoms with Crippen LogP contribution in [0.15, 0.2) is 42.7 Å². The lowest BCUT2D eigenvalue weighted by molar-refractivity contribution is 0.0950. The van der Waals surface area contributed by atoms with Gasteiger partial charge < -0.3 is 19.8 Å². The molecule has 3 aromatic rings. The number of pyridine rings is 1. The first-order chi connectivity index (χ1) is 11.7. The van der Waals surface area contributed by atoms with Crippen LogP contribution in [0.5, 0.6) is 11.5 Å². The fourth-order valence-electron chi connectivity index (χ4n) is 2.60. The fraction of sp³-hybridized carbons (Fsp3) is 0.222. The zero-order chi connectivity index (χ0) is 16.9. The Morgan fingerprint density at radius 1 is 1.12 bits per heavy atom. The Bertz CT molecular complexity index is 802. The Kier molecular flexibility index (Phi) is 4.65. The summed E-state index contributed by atoms with van der Waals surface area (Å²) in [5, 5.41) is 3.73. The van der Waals surface area contributed by atoms with E-state index in [1.165, 1.54) is 0 Å². The molecule has 0 aliphatic carbocycles. The maximum Gasteiger partial charge on any atom is 0.267 e. The van der Waals surface area contributed by atoms with Crippen LogP contribution < -0.4 is 14.8 Å². The van der Waals surface area contributed by atoms with E-state index in [-0.39, 0.29) is 5.91 Å². The smallest absolute Gasteiger partial charge is 0.267 e. The molecule has 1 aromatic carbocycles. The van der Waals surface area contributed by atoms with Crippen molar-refractivity contribution in [2.24, 2.45) is 0 Å². The summed E-state index contributed by atoms with van der Waals surface area (Å²) in [5.41, 5.74) is 2.35. The number of methoxy groups -OCH3 is 2.